The van der Waals surface area contributed by atoms with Crippen LogP contribution in [0.15, 0.2) is 59.7 Å². The van der Waals surface area contributed by atoms with E-state index < -0.39 is 8.07 Å². The molecule has 3 heteroatoms. The molecule has 0 fully saturated rings. The summed E-state index contributed by atoms with van der Waals surface area (Å²) in [6.45, 7) is 13.9. The van der Waals surface area contributed by atoms with Gasteiger partial charge < -0.3 is 5.53 Å². The van der Waals surface area contributed by atoms with Crippen LogP contribution in [0.2, 0.25) is 18.1 Å². The van der Waals surface area contributed by atoms with Gasteiger partial charge in [-0.1, -0.05) is 203 Å². The molecular formula is C46H70N2Si. The number of allylic oxidation sites excluding steroid dienone is 2. The number of unbranched alkanes of at least 4 members (excludes halogenated alkanes) is 13. The van der Waals surface area contributed by atoms with Gasteiger partial charge in [0.05, 0.1) is 19.2 Å². The van der Waals surface area contributed by atoms with Crippen LogP contribution in [0.1, 0.15) is 173 Å². The molecule has 2 aromatic carbocycles. The van der Waals surface area contributed by atoms with E-state index in [2.05, 4.69) is 113 Å². The van der Waals surface area contributed by atoms with Gasteiger partial charge >= 0.3 is 5.87 Å². The maximum Gasteiger partial charge on any atom is 0.304 e. The number of aryl methyl sites for hydroxylation is 1. The van der Waals surface area contributed by atoms with Crippen LogP contribution in [0.4, 0.5) is 0 Å². The normalized spacial score (nSPS) is 11.7. The molecule has 49 heavy (non-hydrogen) atoms. The van der Waals surface area contributed by atoms with Crippen LogP contribution < -0.4 is 0 Å². The molecule has 0 heterocycles. The predicted octanol–water partition coefficient (Wildman–Crippen LogP) is 14.1. The highest BCUT2D eigenvalue weighted by atomic mass is 28.3. The van der Waals surface area contributed by atoms with Gasteiger partial charge in [0.2, 0.25) is 0 Å². The molecule has 268 valence electrons. The van der Waals surface area contributed by atoms with Gasteiger partial charge in [0, 0.05) is 12.0 Å². The van der Waals surface area contributed by atoms with E-state index in [1.165, 1.54) is 123 Å². The van der Waals surface area contributed by atoms with Crippen molar-refractivity contribution < 1.29 is 4.79 Å². The van der Waals surface area contributed by atoms with Gasteiger partial charge in [0.25, 0.3) is 0 Å². The molecule has 0 amide bonds. The fourth-order valence-electron chi connectivity index (χ4n) is 6.99. The van der Waals surface area contributed by atoms with Gasteiger partial charge in [-0.25, -0.2) is 0 Å². The Morgan fingerprint density at radius 2 is 1.08 bits per heavy atom. The first-order valence-electron chi connectivity index (χ1n) is 20.4. The summed E-state index contributed by atoms with van der Waals surface area (Å²) >= 11 is 0. The van der Waals surface area contributed by atoms with Crippen LogP contribution in [-0.4, -0.2) is 18.7 Å². The average molecular weight is 679 g/mol. The van der Waals surface area contributed by atoms with Gasteiger partial charge in [0.1, 0.15) is 0 Å². The molecule has 0 N–H and O–H groups in total. The van der Waals surface area contributed by atoms with E-state index in [0.29, 0.717) is 0 Å². The quantitative estimate of drug-likeness (QED) is 0.0191. The fourth-order valence-corrected chi connectivity index (χ4v) is 10.3. The number of benzene rings is 2. The zero-order valence-electron chi connectivity index (χ0n) is 32.6. The van der Waals surface area contributed by atoms with Gasteiger partial charge in [0.15, 0.2) is 0 Å². The summed E-state index contributed by atoms with van der Waals surface area (Å²) < 4.78 is 0. The summed E-state index contributed by atoms with van der Waals surface area (Å²) in [4.78, 5) is 3.44. The molecule has 0 atom stereocenters. The lowest BCUT2D eigenvalue weighted by atomic mass is 9.87. The molecule has 0 unspecified atom stereocenters. The first-order valence-corrected chi connectivity index (χ1v) is 23.2. The summed E-state index contributed by atoms with van der Waals surface area (Å²) in [6.07, 6.45) is 21.9. The number of hydrogen-bond donors (Lipinski definition) is 0. The SMILES string of the molecule is CCCCCCCCCCCCCC#CC(C(=C=[N+]=[N-])CCCC)=C(c1ccc(CCCC)cc1)c1ccc(C[Si](CC)(CC)CC)cc1. The lowest BCUT2D eigenvalue weighted by Crippen LogP contribution is -2.34. The van der Waals surface area contributed by atoms with Gasteiger partial charge in [-0.3, -0.25) is 0 Å². The summed E-state index contributed by atoms with van der Waals surface area (Å²) in [5, 5.41) is 0. The molecule has 2 rings (SSSR count). The van der Waals surface area contributed by atoms with Crippen molar-refractivity contribution in [2.45, 2.75) is 181 Å². The van der Waals surface area contributed by atoms with Crippen LogP contribution in [0.5, 0.6) is 0 Å². The second kappa shape index (κ2) is 26.0. The van der Waals surface area contributed by atoms with Crippen molar-refractivity contribution in [3.63, 3.8) is 0 Å². The number of nitrogens with zero attached hydrogens (tertiary/aromatic N) is 2. The van der Waals surface area contributed by atoms with E-state index in [9.17, 15) is 5.53 Å². The second-order valence-corrected chi connectivity index (χ2v) is 19.8. The first kappa shape index (κ1) is 42.3. The molecular weight excluding hydrogens is 609 g/mol. The van der Waals surface area contributed by atoms with E-state index in [0.717, 1.165) is 55.2 Å². The molecule has 2 nitrogen and oxygen atoms in total. The standard InChI is InChI=1S/C46H70N2Si/c1-7-13-16-17-18-19-20-21-22-23-24-25-26-29-45(44(38-48-47)28-15-9-3)46(42-34-30-40(31-35-42)27-14-8-2)43-36-32-41(33-37-43)39-49(10-4,11-5)12-6/h30-37H,7-25,27-28,39H2,1-6H3. The van der Waals surface area contributed by atoms with Gasteiger partial charge in [-0.2, -0.15) is 0 Å². The highest BCUT2D eigenvalue weighted by Crippen LogP contribution is 2.33. The van der Waals surface area contributed by atoms with Crippen LogP contribution >= 0.6 is 0 Å². The molecule has 0 aromatic heterocycles. The second-order valence-electron chi connectivity index (χ2n) is 14.4. The van der Waals surface area contributed by atoms with Crippen molar-refractivity contribution >= 4 is 19.5 Å². The molecule has 0 aliphatic rings. The summed E-state index contributed by atoms with van der Waals surface area (Å²) in [7, 11) is -1.28. The topological polar surface area (TPSA) is 36.4 Å². The highest BCUT2D eigenvalue weighted by Gasteiger charge is 2.27. The Balaban J connectivity index is 2.44. The lowest BCUT2D eigenvalue weighted by Gasteiger charge is -2.28. The predicted molar refractivity (Wildman–Crippen MR) is 219 cm³/mol. The van der Waals surface area contributed by atoms with Gasteiger partial charge in [-0.05, 0) is 54.8 Å². The Morgan fingerprint density at radius 3 is 1.57 bits per heavy atom. The van der Waals surface area contributed by atoms with E-state index in [4.69, 9.17) is 0 Å². The fraction of sp³-hybridized carbons (Fsp3) is 0.609. The van der Waals surface area contributed by atoms with E-state index >= 15 is 0 Å². The van der Waals surface area contributed by atoms with Gasteiger partial charge in [-0.15, -0.1) is 4.79 Å². The average Bonchev–Trinajstić information content (AvgIpc) is 3.14. The smallest absolute Gasteiger partial charge is 0.304 e. The van der Waals surface area contributed by atoms with Crippen molar-refractivity contribution in [3.8, 4) is 11.8 Å². The Labute approximate surface area is 303 Å². The van der Waals surface area contributed by atoms with Crippen LogP contribution in [0.3, 0.4) is 0 Å². The maximum absolute atomic E-state index is 9.75. The molecule has 0 aliphatic heterocycles. The Hall–Kier alpha value is -2.88. The molecule has 0 saturated carbocycles. The van der Waals surface area contributed by atoms with E-state index in [1.54, 1.807) is 0 Å². The molecule has 0 saturated heterocycles. The minimum Gasteiger partial charge on any atom is -0.348 e. The van der Waals surface area contributed by atoms with Crippen LogP contribution in [0, 0.1) is 11.8 Å². The number of hydrogen-bond acceptors (Lipinski definition) is 0. The summed E-state index contributed by atoms with van der Waals surface area (Å²) in [5.41, 5.74) is 17.9. The molecule has 0 spiro atoms. The van der Waals surface area contributed by atoms with Crippen molar-refractivity contribution in [1.82, 2.24) is 0 Å². The monoisotopic (exact) mass is 679 g/mol. The first-order chi connectivity index (χ1) is 24.0. The Kier molecular flexibility index (Phi) is 22.4. The van der Waals surface area contributed by atoms with Crippen molar-refractivity contribution in [3.05, 3.63) is 87.5 Å². The lowest BCUT2D eigenvalue weighted by molar-refractivity contribution is 0.00743. The third kappa shape index (κ3) is 15.7. The minimum absolute atomic E-state index is 0.788. The molecule has 2 aromatic rings. The van der Waals surface area contributed by atoms with Crippen LogP contribution in [-0.2, 0) is 12.5 Å². The third-order valence-electron chi connectivity index (χ3n) is 10.8. The zero-order valence-corrected chi connectivity index (χ0v) is 33.6. The van der Waals surface area contributed by atoms with E-state index in [-0.39, 0.29) is 0 Å². The minimum atomic E-state index is -1.28. The largest absolute Gasteiger partial charge is 0.348 e. The Morgan fingerprint density at radius 1 is 0.592 bits per heavy atom. The third-order valence-corrected chi connectivity index (χ3v) is 16.4. The molecule has 0 aliphatic carbocycles. The number of rotatable bonds is 25. The molecule has 0 bridgehead atoms. The molecule has 0 radical (unpaired) electrons. The summed E-state index contributed by atoms with van der Waals surface area (Å²) in [5.74, 6) is 10.2. The van der Waals surface area contributed by atoms with Crippen LogP contribution in [0.25, 0.3) is 11.1 Å². The van der Waals surface area contributed by atoms with Crippen molar-refractivity contribution in [2.75, 3.05) is 0 Å². The van der Waals surface area contributed by atoms with Crippen molar-refractivity contribution in [2.24, 2.45) is 0 Å². The Bertz CT molecular complexity index is 1350. The zero-order chi connectivity index (χ0) is 35.6. The summed E-state index contributed by atoms with van der Waals surface area (Å²) in [6, 6.07) is 23.7. The highest BCUT2D eigenvalue weighted by molar-refractivity contribution is 6.79. The van der Waals surface area contributed by atoms with Crippen molar-refractivity contribution in [1.29, 1.82) is 0 Å². The van der Waals surface area contributed by atoms with E-state index in [1.807, 2.05) is 0 Å². The maximum atomic E-state index is 9.75.